The first-order chi connectivity index (χ1) is 8.35. The van der Waals surface area contributed by atoms with Gasteiger partial charge in [0, 0.05) is 20.1 Å². The molecule has 1 aromatic rings. The number of amides is 1. The Labute approximate surface area is 109 Å². The van der Waals surface area contributed by atoms with Crippen LogP contribution in [-0.4, -0.2) is 49.9 Å². The first-order valence-corrected chi connectivity index (χ1v) is 6.10. The van der Waals surface area contributed by atoms with Gasteiger partial charge in [-0.25, -0.2) is 0 Å². The fraction of sp³-hybridized carbons (Fsp3) is 0.500. The van der Waals surface area contributed by atoms with E-state index < -0.39 is 5.54 Å². The van der Waals surface area contributed by atoms with E-state index in [1.807, 2.05) is 49.3 Å². The van der Waals surface area contributed by atoms with Gasteiger partial charge in [-0.15, -0.1) is 0 Å². The third-order valence-electron chi connectivity index (χ3n) is 3.05. The van der Waals surface area contributed by atoms with Gasteiger partial charge in [0.2, 0.25) is 5.91 Å². The molecule has 4 heteroatoms. The molecule has 1 atom stereocenters. The molecule has 4 nitrogen and oxygen atoms in total. The average Bonchev–Trinajstić information content (AvgIpc) is 2.36. The van der Waals surface area contributed by atoms with Crippen LogP contribution in [0.3, 0.4) is 0 Å². The third-order valence-corrected chi connectivity index (χ3v) is 3.05. The SMILES string of the molecule is CN(C)CCN(C)C(=O)C(C)(N)c1ccccc1. The summed E-state index contributed by atoms with van der Waals surface area (Å²) in [4.78, 5) is 16.1. The van der Waals surface area contributed by atoms with E-state index in [2.05, 4.69) is 0 Å². The average molecular weight is 249 g/mol. The molecule has 0 aromatic heterocycles. The van der Waals surface area contributed by atoms with Crippen molar-refractivity contribution in [3.63, 3.8) is 0 Å². The first kappa shape index (κ1) is 14.7. The molecule has 0 bridgehead atoms. The Morgan fingerprint density at radius 2 is 1.72 bits per heavy atom. The van der Waals surface area contributed by atoms with Crippen LogP contribution in [-0.2, 0) is 10.3 Å². The first-order valence-electron chi connectivity index (χ1n) is 6.10. The van der Waals surface area contributed by atoms with Gasteiger partial charge in [0.15, 0.2) is 0 Å². The second kappa shape index (κ2) is 5.98. The summed E-state index contributed by atoms with van der Waals surface area (Å²) in [5.41, 5.74) is 6.05. The van der Waals surface area contributed by atoms with Crippen LogP contribution >= 0.6 is 0 Å². The minimum Gasteiger partial charge on any atom is -0.343 e. The van der Waals surface area contributed by atoms with Crippen LogP contribution in [0.1, 0.15) is 12.5 Å². The zero-order valence-electron chi connectivity index (χ0n) is 11.7. The molecule has 1 amide bonds. The van der Waals surface area contributed by atoms with Gasteiger partial charge in [-0.3, -0.25) is 4.79 Å². The van der Waals surface area contributed by atoms with Crippen LogP contribution in [0.15, 0.2) is 30.3 Å². The van der Waals surface area contributed by atoms with Crippen molar-refractivity contribution in [1.82, 2.24) is 9.80 Å². The molecular formula is C14H23N3O. The summed E-state index contributed by atoms with van der Waals surface area (Å²) >= 11 is 0. The van der Waals surface area contributed by atoms with Gasteiger partial charge < -0.3 is 15.5 Å². The summed E-state index contributed by atoms with van der Waals surface area (Å²) in [7, 11) is 5.76. The van der Waals surface area contributed by atoms with E-state index >= 15 is 0 Å². The van der Waals surface area contributed by atoms with E-state index in [1.165, 1.54) is 0 Å². The van der Waals surface area contributed by atoms with Crippen LogP contribution in [0.25, 0.3) is 0 Å². The predicted octanol–water partition coefficient (Wildman–Crippen LogP) is 0.881. The molecule has 0 fully saturated rings. The molecule has 2 N–H and O–H groups in total. The minimum absolute atomic E-state index is 0.0597. The van der Waals surface area contributed by atoms with Crippen molar-refractivity contribution < 1.29 is 4.79 Å². The number of carbonyl (C=O) groups is 1. The smallest absolute Gasteiger partial charge is 0.246 e. The van der Waals surface area contributed by atoms with Gasteiger partial charge in [-0.2, -0.15) is 0 Å². The van der Waals surface area contributed by atoms with Crippen molar-refractivity contribution in [2.24, 2.45) is 5.73 Å². The zero-order valence-corrected chi connectivity index (χ0v) is 11.7. The van der Waals surface area contributed by atoms with Crippen LogP contribution in [0.4, 0.5) is 0 Å². The van der Waals surface area contributed by atoms with Crippen molar-refractivity contribution in [1.29, 1.82) is 0 Å². The molecule has 18 heavy (non-hydrogen) atoms. The Balaban J connectivity index is 2.76. The summed E-state index contributed by atoms with van der Waals surface area (Å²) in [5.74, 6) is -0.0597. The predicted molar refractivity (Wildman–Crippen MR) is 74.2 cm³/mol. The number of nitrogens with zero attached hydrogens (tertiary/aromatic N) is 2. The fourth-order valence-electron chi connectivity index (χ4n) is 1.76. The van der Waals surface area contributed by atoms with Gasteiger partial charge in [-0.1, -0.05) is 30.3 Å². The fourth-order valence-corrected chi connectivity index (χ4v) is 1.76. The molecule has 100 valence electrons. The van der Waals surface area contributed by atoms with E-state index in [-0.39, 0.29) is 5.91 Å². The monoisotopic (exact) mass is 249 g/mol. The highest BCUT2D eigenvalue weighted by Crippen LogP contribution is 2.19. The molecule has 0 spiro atoms. The van der Waals surface area contributed by atoms with Crippen molar-refractivity contribution in [3.8, 4) is 0 Å². The second-order valence-corrected chi connectivity index (χ2v) is 5.10. The molecule has 0 aliphatic carbocycles. The molecule has 0 heterocycles. The molecule has 1 rings (SSSR count). The van der Waals surface area contributed by atoms with Gasteiger partial charge in [0.05, 0.1) is 0 Å². The summed E-state index contributed by atoms with van der Waals surface area (Å²) < 4.78 is 0. The standard InChI is InChI=1S/C14H23N3O/c1-14(15,12-8-6-5-7-9-12)13(18)17(4)11-10-16(2)3/h5-9H,10-11,15H2,1-4H3. The van der Waals surface area contributed by atoms with E-state index in [1.54, 1.807) is 18.9 Å². The summed E-state index contributed by atoms with van der Waals surface area (Å²) in [6.07, 6.45) is 0. The normalized spacial score (nSPS) is 14.3. The lowest BCUT2D eigenvalue weighted by molar-refractivity contribution is -0.135. The lowest BCUT2D eigenvalue weighted by atomic mass is 9.92. The molecule has 0 saturated carbocycles. The van der Waals surface area contributed by atoms with Crippen LogP contribution < -0.4 is 5.73 Å². The lowest BCUT2D eigenvalue weighted by Gasteiger charge is -2.30. The molecule has 0 aliphatic rings. The van der Waals surface area contributed by atoms with Crippen molar-refractivity contribution in [3.05, 3.63) is 35.9 Å². The van der Waals surface area contributed by atoms with Crippen molar-refractivity contribution in [2.75, 3.05) is 34.2 Å². The highest BCUT2D eigenvalue weighted by molar-refractivity contribution is 5.86. The van der Waals surface area contributed by atoms with Crippen LogP contribution in [0.5, 0.6) is 0 Å². The maximum atomic E-state index is 12.4. The number of rotatable bonds is 5. The van der Waals surface area contributed by atoms with Crippen LogP contribution in [0.2, 0.25) is 0 Å². The van der Waals surface area contributed by atoms with E-state index in [9.17, 15) is 4.79 Å². The maximum Gasteiger partial charge on any atom is 0.246 e. The Morgan fingerprint density at radius 3 is 2.22 bits per heavy atom. The Morgan fingerprint density at radius 1 is 1.17 bits per heavy atom. The largest absolute Gasteiger partial charge is 0.343 e. The highest BCUT2D eigenvalue weighted by Gasteiger charge is 2.32. The number of hydrogen-bond donors (Lipinski definition) is 1. The number of nitrogens with two attached hydrogens (primary N) is 1. The van der Waals surface area contributed by atoms with E-state index in [4.69, 9.17) is 5.73 Å². The van der Waals surface area contributed by atoms with Gasteiger partial charge in [0.25, 0.3) is 0 Å². The summed E-state index contributed by atoms with van der Waals surface area (Å²) in [6.45, 7) is 3.26. The maximum absolute atomic E-state index is 12.4. The second-order valence-electron chi connectivity index (χ2n) is 5.10. The Bertz CT molecular complexity index is 387. The van der Waals surface area contributed by atoms with Crippen molar-refractivity contribution >= 4 is 5.91 Å². The molecule has 0 radical (unpaired) electrons. The zero-order chi connectivity index (χ0) is 13.8. The molecule has 0 saturated heterocycles. The number of likely N-dealkylation sites (N-methyl/N-ethyl adjacent to an activating group) is 2. The van der Waals surface area contributed by atoms with Gasteiger partial charge in [0.1, 0.15) is 5.54 Å². The summed E-state index contributed by atoms with van der Waals surface area (Å²) in [6, 6.07) is 9.48. The lowest BCUT2D eigenvalue weighted by Crippen LogP contribution is -2.50. The highest BCUT2D eigenvalue weighted by atomic mass is 16.2. The third kappa shape index (κ3) is 3.55. The van der Waals surface area contributed by atoms with E-state index in [0.717, 1.165) is 12.1 Å². The van der Waals surface area contributed by atoms with Crippen molar-refractivity contribution in [2.45, 2.75) is 12.5 Å². The molecule has 1 unspecified atom stereocenters. The van der Waals surface area contributed by atoms with Gasteiger partial charge >= 0.3 is 0 Å². The Kier molecular flexibility index (Phi) is 4.87. The van der Waals surface area contributed by atoms with Gasteiger partial charge in [-0.05, 0) is 26.6 Å². The molecule has 0 aliphatic heterocycles. The molecular weight excluding hydrogens is 226 g/mol. The number of benzene rings is 1. The van der Waals surface area contributed by atoms with Crippen LogP contribution in [0, 0.1) is 0 Å². The Hall–Kier alpha value is -1.39. The van der Waals surface area contributed by atoms with E-state index in [0.29, 0.717) is 6.54 Å². The minimum atomic E-state index is -0.970. The molecule has 1 aromatic carbocycles. The summed E-state index contributed by atoms with van der Waals surface area (Å²) in [5, 5.41) is 0. The number of carbonyl (C=O) groups excluding carboxylic acids is 1. The quantitative estimate of drug-likeness (QED) is 0.843. The number of hydrogen-bond acceptors (Lipinski definition) is 3. The topological polar surface area (TPSA) is 49.6 Å².